The molecule has 0 aromatic heterocycles. The van der Waals surface area contributed by atoms with E-state index >= 15 is 0 Å². The SMILES string of the molecule is CCCCCc1cc2c3c4c1cccc4c(=O)c1cc(CCCCC)c4cccc(c2=O)c4c1-3. The smallest absolute Gasteiger partial charge is 0.194 e. The fourth-order valence-electron chi connectivity index (χ4n) is 6.19. The Hall–Kier alpha value is -3.26. The molecule has 0 atom stereocenters. The quantitative estimate of drug-likeness (QED) is 0.135. The van der Waals surface area contributed by atoms with Crippen LogP contribution in [0.5, 0.6) is 0 Å². The number of aryl methyl sites for hydroxylation is 2. The maximum Gasteiger partial charge on any atom is 0.194 e. The average Bonchev–Trinajstić information content (AvgIpc) is 2.86. The highest BCUT2D eigenvalue weighted by Gasteiger charge is 2.27. The minimum absolute atomic E-state index is 0.104. The highest BCUT2D eigenvalue weighted by molar-refractivity contribution is 6.28. The molecule has 0 fully saturated rings. The summed E-state index contributed by atoms with van der Waals surface area (Å²) in [5.74, 6) is 0. The normalized spacial score (nSPS) is 12.4. The Morgan fingerprint density at radius 2 is 0.941 bits per heavy atom. The van der Waals surface area contributed by atoms with Gasteiger partial charge in [-0.2, -0.15) is 0 Å². The van der Waals surface area contributed by atoms with Crippen LogP contribution in [0, 0.1) is 0 Å². The van der Waals surface area contributed by atoms with Gasteiger partial charge in [0.05, 0.1) is 0 Å². The Morgan fingerprint density at radius 1 is 0.529 bits per heavy atom. The molecule has 2 nitrogen and oxygen atoms in total. The van der Waals surface area contributed by atoms with Crippen LogP contribution in [-0.2, 0) is 12.8 Å². The molecule has 0 saturated heterocycles. The zero-order chi connectivity index (χ0) is 23.4. The van der Waals surface area contributed by atoms with Crippen LogP contribution in [-0.4, -0.2) is 0 Å². The molecular formula is C32H30O2. The van der Waals surface area contributed by atoms with Gasteiger partial charge in [0.2, 0.25) is 0 Å². The van der Waals surface area contributed by atoms with Gasteiger partial charge in [0.1, 0.15) is 0 Å². The van der Waals surface area contributed by atoms with Gasteiger partial charge < -0.3 is 0 Å². The van der Waals surface area contributed by atoms with Crippen LogP contribution in [0.4, 0.5) is 0 Å². The first-order chi connectivity index (χ1) is 16.7. The molecule has 34 heavy (non-hydrogen) atoms. The third-order valence-electron chi connectivity index (χ3n) is 7.82. The molecule has 2 aliphatic rings. The zero-order valence-electron chi connectivity index (χ0n) is 20.1. The fourth-order valence-corrected chi connectivity index (χ4v) is 6.19. The summed E-state index contributed by atoms with van der Waals surface area (Å²) < 4.78 is 0. The molecule has 0 unspecified atom stereocenters. The topological polar surface area (TPSA) is 34.1 Å². The molecule has 4 aromatic rings. The van der Waals surface area contributed by atoms with Crippen LogP contribution in [0.25, 0.3) is 54.2 Å². The number of rotatable bonds is 8. The molecule has 0 amide bonds. The Balaban J connectivity index is 1.79. The lowest BCUT2D eigenvalue weighted by molar-refractivity contribution is 0.720. The maximum atomic E-state index is 13.9. The van der Waals surface area contributed by atoms with Gasteiger partial charge >= 0.3 is 0 Å². The summed E-state index contributed by atoms with van der Waals surface area (Å²) >= 11 is 0. The molecule has 0 spiro atoms. The second-order valence-corrected chi connectivity index (χ2v) is 9.95. The first-order valence-electron chi connectivity index (χ1n) is 12.9. The van der Waals surface area contributed by atoms with Crippen molar-refractivity contribution in [3.05, 3.63) is 80.1 Å². The molecule has 0 radical (unpaired) electrons. The van der Waals surface area contributed by atoms with Gasteiger partial charge in [-0.05, 0) is 59.7 Å². The Kier molecular flexibility index (Phi) is 5.13. The van der Waals surface area contributed by atoms with Crippen molar-refractivity contribution in [3.8, 4) is 11.1 Å². The van der Waals surface area contributed by atoms with Gasteiger partial charge in [-0.25, -0.2) is 0 Å². The molecule has 0 heterocycles. The van der Waals surface area contributed by atoms with Crippen LogP contribution in [0.1, 0.15) is 63.5 Å². The largest absolute Gasteiger partial charge is 0.289 e. The summed E-state index contributed by atoms with van der Waals surface area (Å²) in [6.45, 7) is 4.42. The van der Waals surface area contributed by atoms with E-state index < -0.39 is 0 Å². The van der Waals surface area contributed by atoms with Crippen molar-refractivity contribution in [2.45, 2.75) is 65.2 Å². The van der Waals surface area contributed by atoms with E-state index in [2.05, 4.69) is 38.1 Å². The summed E-state index contributed by atoms with van der Waals surface area (Å²) in [4.78, 5) is 27.8. The van der Waals surface area contributed by atoms with E-state index in [1.807, 2.05) is 24.3 Å². The van der Waals surface area contributed by atoms with Crippen LogP contribution in [0.2, 0.25) is 0 Å². The summed E-state index contributed by atoms with van der Waals surface area (Å²) in [6.07, 6.45) is 8.70. The van der Waals surface area contributed by atoms with Crippen molar-refractivity contribution in [1.82, 2.24) is 0 Å². The average molecular weight is 447 g/mol. The van der Waals surface area contributed by atoms with Gasteiger partial charge in [0.15, 0.2) is 10.9 Å². The van der Waals surface area contributed by atoms with E-state index in [1.54, 1.807) is 0 Å². The standard InChI is InChI=1S/C32H30O2/c1-3-5-7-11-19-17-25-29-27-21(19)13-9-15-23(27)32(34)26-18-20(12-8-6-4-2)22-14-10-16-24(31(25)33)28(22)30(26)29/h9-10,13-18H,3-8,11-12H2,1-2H3. The number of unbranched alkanes of at least 4 members (excludes halogenated alkanes) is 4. The molecule has 170 valence electrons. The predicted molar refractivity (Wildman–Crippen MR) is 146 cm³/mol. The predicted octanol–water partition coefficient (Wildman–Crippen LogP) is 7.90. The van der Waals surface area contributed by atoms with E-state index in [-0.39, 0.29) is 10.9 Å². The van der Waals surface area contributed by atoms with E-state index in [1.165, 1.54) is 11.1 Å². The molecule has 0 N–H and O–H groups in total. The second kappa shape index (κ2) is 8.20. The Morgan fingerprint density at radius 3 is 1.35 bits per heavy atom. The van der Waals surface area contributed by atoms with E-state index in [0.717, 1.165) is 106 Å². The number of benzene rings is 6. The number of hydrogen-bond donors (Lipinski definition) is 0. The van der Waals surface area contributed by atoms with Crippen molar-refractivity contribution in [2.75, 3.05) is 0 Å². The molecule has 6 rings (SSSR count). The second-order valence-electron chi connectivity index (χ2n) is 9.95. The van der Waals surface area contributed by atoms with Crippen molar-refractivity contribution in [3.63, 3.8) is 0 Å². The van der Waals surface area contributed by atoms with Crippen molar-refractivity contribution in [2.24, 2.45) is 0 Å². The molecule has 4 aromatic carbocycles. The zero-order valence-corrected chi connectivity index (χ0v) is 20.1. The van der Waals surface area contributed by atoms with E-state index in [0.29, 0.717) is 0 Å². The van der Waals surface area contributed by atoms with Gasteiger partial charge in [-0.3, -0.25) is 9.59 Å². The molecule has 0 bridgehead atoms. The van der Waals surface area contributed by atoms with Gasteiger partial charge in [-0.1, -0.05) is 75.9 Å². The first kappa shape index (κ1) is 21.3. The Bertz CT molecular complexity index is 1580. The summed E-state index contributed by atoms with van der Waals surface area (Å²) in [5.41, 5.74) is 4.59. The van der Waals surface area contributed by atoms with Gasteiger partial charge in [0.25, 0.3) is 0 Å². The molecule has 2 aliphatic carbocycles. The lowest BCUT2D eigenvalue weighted by Gasteiger charge is -2.23. The van der Waals surface area contributed by atoms with Gasteiger partial charge in [-0.15, -0.1) is 0 Å². The first-order valence-corrected chi connectivity index (χ1v) is 12.9. The minimum atomic E-state index is 0.104. The monoisotopic (exact) mass is 446 g/mol. The summed E-state index contributed by atoms with van der Waals surface area (Å²) in [6, 6.07) is 16.5. The van der Waals surface area contributed by atoms with Crippen molar-refractivity contribution < 1.29 is 0 Å². The molecule has 0 aliphatic heterocycles. The molecule has 0 saturated carbocycles. The highest BCUT2D eigenvalue weighted by atomic mass is 16.1. The van der Waals surface area contributed by atoms with Gasteiger partial charge in [0, 0.05) is 43.4 Å². The Labute approximate surface area is 199 Å². The third kappa shape index (κ3) is 2.94. The fraction of sp³-hybridized carbons (Fsp3) is 0.312. The van der Waals surface area contributed by atoms with Crippen molar-refractivity contribution >= 4 is 43.1 Å². The van der Waals surface area contributed by atoms with Crippen molar-refractivity contribution in [1.29, 1.82) is 0 Å². The van der Waals surface area contributed by atoms with Crippen LogP contribution in [0.15, 0.2) is 58.1 Å². The third-order valence-corrected chi connectivity index (χ3v) is 7.82. The van der Waals surface area contributed by atoms with Crippen LogP contribution >= 0.6 is 0 Å². The molecule has 2 heteroatoms. The van der Waals surface area contributed by atoms with E-state index in [4.69, 9.17) is 0 Å². The minimum Gasteiger partial charge on any atom is -0.289 e. The maximum absolute atomic E-state index is 13.9. The summed E-state index contributed by atoms with van der Waals surface area (Å²) in [5, 5.41) is 7.32. The van der Waals surface area contributed by atoms with Crippen LogP contribution < -0.4 is 10.9 Å². The van der Waals surface area contributed by atoms with Crippen LogP contribution in [0.3, 0.4) is 0 Å². The lowest BCUT2D eigenvalue weighted by Crippen LogP contribution is -2.14. The summed E-state index contributed by atoms with van der Waals surface area (Å²) in [7, 11) is 0. The molecular weight excluding hydrogens is 416 g/mol. The van der Waals surface area contributed by atoms with E-state index in [9.17, 15) is 9.59 Å². The lowest BCUT2D eigenvalue weighted by atomic mass is 9.78. The number of hydrogen-bond acceptors (Lipinski definition) is 2. The highest BCUT2D eigenvalue weighted by Crippen LogP contribution is 2.46.